The van der Waals surface area contributed by atoms with Crippen LogP contribution in [-0.4, -0.2) is 26.5 Å². The van der Waals surface area contributed by atoms with E-state index in [4.69, 9.17) is 5.11 Å². The van der Waals surface area contributed by atoms with Gasteiger partial charge in [-0.15, -0.1) is 0 Å². The molecule has 14 heavy (non-hydrogen) atoms. The first-order valence-electron chi connectivity index (χ1n) is 4.64. The number of nitrogens with one attached hydrogen (secondary N) is 1. The summed E-state index contributed by atoms with van der Waals surface area (Å²) in [7, 11) is 0. The van der Waals surface area contributed by atoms with Gasteiger partial charge in [-0.3, -0.25) is 4.79 Å². The monoisotopic (exact) mass is 197 g/mol. The lowest BCUT2D eigenvalue weighted by atomic mass is 10.0. The maximum absolute atomic E-state index is 10.6. The van der Waals surface area contributed by atoms with Gasteiger partial charge in [-0.2, -0.15) is 15.4 Å². The summed E-state index contributed by atoms with van der Waals surface area (Å²) in [5.74, 6) is -0.954. The lowest BCUT2D eigenvalue weighted by Gasteiger charge is -2.06. The molecule has 1 atom stereocenters. The first kappa shape index (κ1) is 10.7. The minimum absolute atomic E-state index is 0.268. The summed E-state index contributed by atoms with van der Waals surface area (Å²) in [5, 5.41) is 19.2. The van der Waals surface area contributed by atoms with Crippen molar-refractivity contribution in [1.29, 1.82) is 0 Å². The average molecular weight is 197 g/mol. The van der Waals surface area contributed by atoms with Crippen LogP contribution < -0.4 is 0 Å². The molecule has 78 valence electrons. The SMILES string of the molecule is CC(Cc1n[nH]nc1C(C)C)C(=O)O. The second kappa shape index (κ2) is 4.21. The fourth-order valence-corrected chi connectivity index (χ4v) is 1.25. The van der Waals surface area contributed by atoms with E-state index in [1.807, 2.05) is 13.8 Å². The first-order valence-corrected chi connectivity index (χ1v) is 4.64. The minimum Gasteiger partial charge on any atom is -0.481 e. The molecule has 0 saturated carbocycles. The predicted molar refractivity (Wildman–Crippen MR) is 51.0 cm³/mol. The standard InChI is InChI=1S/C9H15N3O2/c1-5(2)8-7(10-12-11-8)4-6(3)9(13)14/h5-6H,4H2,1-3H3,(H,13,14)(H,10,11,12). The molecule has 0 aliphatic carbocycles. The minimum atomic E-state index is -0.803. The number of carboxylic acids is 1. The maximum Gasteiger partial charge on any atom is 0.306 e. The van der Waals surface area contributed by atoms with E-state index >= 15 is 0 Å². The Hall–Kier alpha value is -1.39. The zero-order valence-electron chi connectivity index (χ0n) is 8.61. The third kappa shape index (κ3) is 2.31. The zero-order valence-corrected chi connectivity index (χ0v) is 8.61. The molecule has 1 aromatic rings. The van der Waals surface area contributed by atoms with Crippen LogP contribution >= 0.6 is 0 Å². The van der Waals surface area contributed by atoms with Crippen molar-refractivity contribution in [2.24, 2.45) is 5.92 Å². The number of H-pyrrole nitrogens is 1. The van der Waals surface area contributed by atoms with Gasteiger partial charge in [0, 0.05) is 6.42 Å². The second-order valence-electron chi connectivity index (χ2n) is 3.75. The summed E-state index contributed by atoms with van der Waals surface area (Å²) < 4.78 is 0. The molecule has 5 nitrogen and oxygen atoms in total. The highest BCUT2D eigenvalue weighted by molar-refractivity contribution is 5.69. The van der Waals surface area contributed by atoms with Gasteiger partial charge in [-0.1, -0.05) is 20.8 Å². The predicted octanol–water partition coefficient (Wildman–Crippen LogP) is 1.19. The van der Waals surface area contributed by atoms with Gasteiger partial charge in [0.2, 0.25) is 0 Å². The molecule has 0 aliphatic rings. The molecule has 5 heteroatoms. The lowest BCUT2D eigenvalue weighted by molar-refractivity contribution is -0.141. The van der Waals surface area contributed by atoms with E-state index in [9.17, 15) is 4.79 Å². The van der Waals surface area contributed by atoms with E-state index in [1.165, 1.54) is 0 Å². The van der Waals surface area contributed by atoms with E-state index in [-0.39, 0.29) is 5.92 Å². The maximum atomic E-state index is 10.6. The van der Waals surface area contributed by atoms with E-state index in [2.05, 4.69) is 15.4 Å². The molecule has 1 heterocycles. The van der Waals surface area contributed by atoms with Crippen molar-refractivity contribution in [2.75, 3.05) is 0 Å². The third-order valence-electron chi connectivity index (χ3n) is 2.12. The van der Waals surface area contributed by atoms with Crippen LogP contribution in [0.5, 0.6) is 0 Å². The molecular formula is C9H15N3O2. The van der Waals surface area contributed by atoms with Crippen molar-refractivity contribution < 1.29 is 9.90 Å². The van der Waals surface area contributed by atoms with Crippen LogP contribution in [0.25, 0.3) is 0 Å². The highest BCUT2D eigenvalue weighted by Gasteiger charge is 2.18. The molecule has 0 aromatic carbocycles. The lowest BCUT2D eigenvalue weighted by Crippen LogP contribution is -2.13. The van der Waals surface area contributed by atoms with Crippen molar-refractivity contribution in [3.63, 3.8) is 0 Å². The van der Waals surface area contributed by atoms with Gasteiger partial charge in [-0.25, -0.2) is 0 Å². The van der Waals surface area contributed by atoms with E-state index in [1.54, 1.807) is 6.92 Å². The molecule has 0 fully saturated rings. The van der Waals surface area contributed by atoms with E-state index < -0.39 is 11.9 Å². The van der Waals surface area contributed by atoms with Crippen LogP contribution in [0.4, 0.5) is 0 Å². The fraction of sp³-hybridized carbons (Fsp3) is 0.667. The number of aromatic nitrogens is 3. The normalized spacial score (nSPS) is 13.1. The van der Waals surface area contributed by atoms with E-state index in [0.717, 1.165) is 11.4 Å². The molecule has 0 bridgehead atoms. The molecule has 1 rings (SSSR count). The van der Waals surface area contributed by atoms with Gasteiger partial charge in [-0.05, 0) is 5.92 Å². The Bertz CT molecular complexity index is 320. The van der Waals surface area contributed by atoms with Crippen LogP contribution in [0.3, 0.4) is 0 Å². The Labute approximate surface area is 82.5 Å². The van der Waals surface area contributed by atoms with Crippen molar-refractivity contribution in [3.8, 4) is 0 Å². The summed E-state index contributed by atoms with van der Waals surface area (Å²) in [6.07, 6.45) is 0.430. The van der Waals surface area contributed by atoms with Gasteiger partial charge in [0.05, 0.1) is 17.3 Å². The summed E-state index contributed by atoms with van der Waals surface area (Å²) >= 11 is 0. The van der Waals surface area contributed by atoms with Crippen molar-refractivity contribution >= 4 is 5.97 Å². The third-order valence-corrected chi connectivity index (χ3v) is 2.12. The van der Waals surface area contributed by atoms with Crippen molar-refractivity contribution in [2.45, 2.75) is 33.1 Å². The number of nitrogens with zero attached hydrogens (tertiary/aromatic N) is 2. The molecule has 0 amide bonds. The summed E-state index contributed by atoms with van der Waals surface area (Å²) in [4.78, 5) is 10.6. The Balaban J connectivity index is 2.76. The fourth-order valence-electron chi connectivity index (χ4n) is 1.25. The molecule has 0 spiro atoms. The number of rotatable bonds is 4. The Morgan fingerprint density at radius 2 is 2.07 bits per heavy atom. The highest BCUT2D eigenvalue weighted by Crippen LogP contribution is 2.17. The topological polar surface area (TPSA) is 78.9 Å². The molecule has 0 aliphatic heterocycles. The van der Waals surface area contributed by atoms with Crippen LogP contribution in [-0.2, 0) is 11.2 Å². The van der Waals surface area contributed by atoms with E-state index in [0.29, 0.717) is 6.42 Å². The summed E-state index contributed by atoms with van der Waals surface area (Å²) in [5.41, 5.74) is 1.62. The summed E-state index contributed by atoms with van der Waals surface area (Å²) in [6.45, 7) is 5.68. The van der Waals surface area contributed by atoms with Crippen molar-refractivity contribution in [1.82, 2.24) is 15.4 Å². The number of hydrogen-bond acceptors (Lipinski definition) is 3. The highest BCUT2D eigenvalue weighted by atomic mass is 16.4. The molecule has 2 N–H and O–H groups in total. The Morgan fingerprint density at radius 3 is 2.57 bits per heavy atom. The molecule has 0 radical (unpaired) electrons. The molecule has 1 unspecified atom stereocenters. The zero-order chi connectivity index (χ0) is 10.7. The molecule has 0 saturated heterocycles. The van der Waals surface area contributed by atoms with Crippen LogP contribution in [0, 0.1) is 5.92 Å². The Morgan fingerprint density at radius 1 is 1.43 bits per heavy atom. The van der Waals surface area contributed by atoms with Crippen molar-refractivity contribution in [3.05, 3.63) is 11.4 Å². The molecular weight excluding hydrogens is 182 g/mol. The second-order valence-corrected chi connectivity index (χ2v) is 3.75. The van der Waals surface area contributed by atoms with Gasteiger partial charge < -0.3 is 5.11 Å². The van der Waals surface area contributed by atoms with Gasteiger partial charge in [0.1, 0.15) is 0 Å². The van der Waals surface area contributed by atoms with Gasteiger partial charge >= 0.3 is 5.97 Å². The number of aromatic amines is 1. The number of carbonyl (C=O) groups is 1. The smallest absolute Gasteiger partial charge is 0.306 e. The van der Waals surface area contributed by atoms with Gasteiger partial charge in [0.15, 0.2) is 0 Å². The number of aliphatic carboxylic acids is 1. The first-order chi connectivity index (χ1) is 6.52. The van der Waals surface area contributed by atoms with Crippen LogP contribution in [0.15, 0.2) is 0 Å². The quantitative estimate of drug-likeness (QED) is 0.759. The number of hydrogen-bond donors (Lipinski definition) is 2. The van der Waals surface area contributed by atoms with Gasteiger partial charge in [0.25, 0.3) is 0 Å². The summed E-state index contributed by atoms with van der Waals surface area (Å²) in [6, 6.07) is 0. The van der Waals surface area contributed by atoms with Crippen LogP contribution in [0.1, 0.15) is 38.1 Å². The number of carboxylic acid groups (broad SMARTS) is 1. The molecule has 1 aromatic heterocycles. The average Bonchev–Trinajstić information content (AvgIpc) is 2.52. The Kier molecular flexibility index (Phi) is 3.22. The largest absolute Gasteiger partial charge is 0.481 e. The van der Waals surface area contributed by atoms with Crippen LogP contribution in [0.2, 0.25) is 0 Å².